The molecule has 0 aromatic carbocycles. The van der Waals surface area contributed by atoms with E-state index in [1.54, 1.807) is 13.8 Å². The highest BCUT2D eigenvalue weighted by atomic mass is 16.5. The molecular weight excluding hydrogens is 188 g/mol. The van der Waals surface area contributed by atoms with Crippen molar-refractivity contribution < 1.29 is 18.8 Å². The van der Waals surface area contributed by atoms with E-state index in [-0.39, 0.29) is 24.7 Å². The lowest BCUT2D eigenvalue weighted by molar-refractivity contribution is -0.141. The molecule has 6 heteroatoms. The summed E-state index contributed by atoms with van der Waals surface area (Å²) in [6.07, 6.45) is -0.354. The number of Topliss-reactive ketones (excluding diaryl/α,β-unsaturated/α-hetero) is 1. The highest BCUT2D eigenvalue weighted by Gasteiger charge is 2.17. The molecule has 0 saturated heterocycles. The fourth-order valence-electron chi connectivity index (χ4n) is 0.835. The van der Waals surface area contributed by atoms with Gasteiger partial charge in [-0.2, -0.15) is 4.98 Å². The Hall–Kier alpha value is -1.72. The number of nitrogens with zero attached hydrogens (tertiary/aromatic N) is 2. The maximum atomic E-state index is 11.3. The van der Waals surface area contributed by atoms with Crippen molar-refractivity contribution in [1.82, 2.24) is 10.1 Å². The number of aryl methyl sites for hydroxylation is 1. The van der Waals surface area contributed by atoms with Crippen LogP contribution in [0.15, 0.2) is 4.52 Å². The van der Waals surface area contributed by atoms with Crippen molar-refractivity contribution in [3.8, 4) is 0 Å². The Bertz CT molecular complexity index is 345. The molecule has 0 aliphatic carbocycles. The van der Waals surface area contributed by atoms with E-state index in [0.29, 0.717) is 0 Å². The van der Waals surface area contributed by atoms with Crippen LogP contribution < -0.4 is 0 Å². The minimum atomic E-state index is -0.583. The van der Waals surface area contributed by atoms with Crippen LogP contribution in [0.25, 0.3) is 0 Å². The summed E-state index contributed by atoms with van der Waals surface area (Å²) >= 11 is 0. The van der Waals surface area contributed by atoms with Crippen molar-refractivity contribution in [2.45, 2.75) is 20.3 Å². The highest BCUT2D eigenvalue weighted by Crippen LogP contribution is 2.00. The number of carbonyl (C=O) groups excluding carboxylic acids is 2. The largest absolute Gasteiger partial charge is 0.466 e. The van der Waals surface area contributed by atoms with Gasteiger partial charge in [0.05, 0.1) is 6.61 Å². The third kappa shape index (κ3) is 2.65. The molecule has 1 aromatic heterocycles. The summed E-state index contributed by atoms with van der Waals surface area (Å²) in [4.78, 5) is 25.9. The Kier molecular flexibility index (Phi) is 3.33. The van der Waals surface area contributed by atoms with Gasteiger partial charge in [0.2, 0.25) is 17.5 Å². The summed E-state index contributed by atoms with van der Waals surface area (Å²) in [5, 5.41) is 3.39. The van der Waals surface area contributed by atoms with Crippen LogP contribution in [0.3, 0.4) is 0 Å². The first kappa shape index (κ1) is 10.4. The molecule has 0 atom stereocenters. The Morgan fingerprint density at radius 2 is 2.21 bits per heavy atom. The van der Waals surface area contributed by atoms with Crippen LogP contribution in [0.1, 0.15) is 29.9 Å². The van der Waals surface area contributed by atoms with E-state index in [1.165, 1.54) is 0 Å². The van der Waals surface area contributed by atoms with Gasteiger partial charge in [-0.1, -0.05) is 5.16 Å². The SMILES string of the molecule is CCOC(=O)CC(=O)c1noc(C)n1. The fourth-order valence-corrected chi connectivity index (χ4v) is 0.835. The Labute approximate surface area is 80.2 Å². The molecule has 1 rings (SSSR count). The molecule has 0 amide bonds. The van der Waals surface area contributed by atoms with E-state index < -0.39 is 11.8 Å². The Balaban J connectivity index is 2.55. The second kappa shape index (κ2) is 4.50. The van der Waals surface area contributed by atoms with Crippen molar-refractivity contribution in [1.29, 1.82) is 0 Å². The summed E-state index contributed by atoms with van der Waals surface area (Å²) < 4.78 is 9.19. The van der Waals surface area contributed by atoms with Gasteiger partial charge in [-0.3, -0.25) is 9.59 Å². The third-order valence-electron chi connectivity index (χ3n) is 1.39. The maximum Gasteiger partial charge on any atom is 0.313 e. The molecule has 6 nitrogen and oxygen atoms in total. The summed E-state index contributed by atoms with van der Waals surface area (Å²) in [6, 6.07) is 0. The minimum Gasteiger partial charge on any atom is -0.466 e. The topological polar surface area (TPSA) is 82.3 Å². The summed E-state index contributed by atoms with van der Waals surface area (Å²) in [5.74, 6) is -0.881. The first-order valence-electron chi connectivity index (χ1n) is 4.12. The Morgan fingerprint density at radius 1 is 1.50 bits per heavy atom. The molecule has 14 heavy (non-hydrogen) atoms. The quantitative estimate of drug-likeness (QED) is 0.398. The number of carbonyl (C=O) groups is 2. The number of aromatic nitrogens is 2. The predicted octanol–water partition coefficient (Wildman–Crippen LogP) is 0.514. The van der Waals surface area contributed by atoms with Crippen LogP contribution >= 0.6 is 0 Å². The third-order valence-corrected chi connectivity index (χ3v) is 1.39. The van der Waals surface area contributed by atoms with Crippen molar-refractivity contribution in [3.05, 3.63) is 11.7 Å². The van der Waals surface area contributed by atoms with Crippen molar-refractivity contribution in [3.63, 3.8) is 0 Å². The molecule has 76 valence electrons. The lowest BCUT2D eigenvalue weighted by Crippen LogP contribution is -2.12. The average molecular weight is 198 g/mol. The number of ether oxygens (including phenoxy) is 1. The van der Waals surface area contributed by atoms with E-state index in [9.17, 15) is 9.59 Å². The second-order valence-corrected chi connectivity index (χ2v) is 2.54. The summed E-state index contributed by atoms with van der Waals surface area (Å²) in [7, 11) is 0. The Morgan fingerprint density at radius 3 is 2.71 bits per heavy atom. The molecule has 1 heterocycles. The van der Waals surface area contributed by atoms with Gasteiger partial charge in [-0.25, -0.2) is 0 Å². The highest BCUT2D eigenvalue weighted by molar-refractivity contribution is 6.03. The predicted molar refractivity (Wildman–Crippen MR) is 44.6 cm³/mol. The summed E-state index contributed by atoms with van der Waals surface area (Å²) in [6.45, 7) is 3.48. The molecule has 1 aromatic rings. The van der Waals surface area contributed by atoms with Crippen LogP contribution in [-0.2, 0) is 9.53 Å². The molecule has 0 bridgehead atoms. The van der Waals surface area contributed by atoms with Crippen LogP contribution in [0, 0.1) is 6.92 Å². The van der Waals surface area contributed by atoms with Gasteiger partial charge in [-0.15, -0.1) is 0 Å². The number of esters is 1. The number of hydrogen-bond donors (Lipinski definition) is 0. The van der Waals surface area contributed by atoms with E-state index in [4.69, 9.17) is 0 Å². The second-order valence-electron chi connectivity index (χ2n) is 2.54. The molecule has 0 spiro atoms. The van der Waals surface area contributed by atoms with Gasteiger partial charge in [0.25, 0.3) is 0 Å². The van der Waals surface area contributed by atoms with Crippen LogP contribution in [0.2, 0.25) is 0 Å². The zero-order valence-corrected chi connectivity index (χ0v) is 7.94. The van der Waals surface area contributed by atoms with E-state index in [1.807, 2.05) is 0 Å². The van der Waals surface area contributed by atoms with Gasteiger partial charge in [0, 0.05) is 6.92 Å². The van der Waals surface area contributed by atoms with Gasteiger partial charge in [0.1, 0.15) is 6.42 Å². The lowest BCUT2D eigenvalue weighted by Gasteiger charge is -1.97. The van der Waals surface area contributed by atoms with Gasteiger partial charge >= 0.3 is 5.97 Å². The van der Waals surface area contributed by atoms with E-state index in [0.717, 1.165) is 0 Å². The molecule has 0 N–H and O–H groups in total. The first-order chi connectivity index (χ1) is 6.63. The normalized spacial score (nSPS) is 9.86. The fraction of sp³-hybridized carbons (Fsp3) is 0.500. The molecular formula is C8H10N2O4. The molecule has 0 aliphatic heterocycles. The smallest absolute Gasteiger partial charge is 0.313 e. The van der Waals surface area contributed by atoms with Crippen LogP contribution in [0.5, 0.6) is 0 Å². The van der Waals surface area contributed by atoms with Crippen molar-refractivity contribution in [2.75, 3.05) is 6.61 Å². The monoisotopic (exact) mass is 198 g/mol. The minimum absolute atomic E-state index is 0.0875. The average Bonchev–Trinajstić information content (AvgIpc) is 2.52. The zero-order chi connectivity index (χ0) is 10.6. The van der Waals surface area contributed by atoms with E-state index in [2.05, 4.69) is 19.4 Å². The first-order valence-corrected chi connectivity index (χ1v) is 4.12. The van der Waals surface area contributed by atoms with Gasteiger partial charge < -0.3 is 9.26 Å². The maximum absolute atomic E-state index is 11.3. The van der Waals surface area contributed by atoms with Gasteiger partial charge in [-0.05, 0) is 6.92 Å². The van der Waals surface area contributed by atoms with Crippen LogP contribution in [-0.4, -0.2) is 28.5 Å². The zero-order valence-electron chi connectivity index (χ0n) is 7.94. The number of rotatable bonds is 4. The summed E-state index contributed by atoms with van der Waals surface area (Å²) in [5.41, 5.74) is 0. The van der Waals surface area contributed by atoms with Crippen LogP contribution in [0.4, 0.5) is 0 Å². The molecule has 0 unspecified atom stereocenters. The molecule has 0 radical (unpaired) electrons. The number of hydrogen-bond acceptors (Lipinski definition) is 6. The van der Waals surface area contributed by atoms with Crippen molar-refractivity contribution >= 4 is 11.8 Å². The van der Waals surface area contributed by atoms with Gasteiger partial charge in [0.15, 0.2) is 0 Å². The lowest BCUT2D eigenvalue weighted by atomic mass is 10.3. The van der Waals surface area contributed by atoms with Crippen molar-refractivity contribution in [2.24, 2.45) is 0 Å². The number of ketones is 1. The molecule has 0 aliphatic rings. The standard InChI is InChI=1S/C8H10N2O4/c1-3-13-7(12)4-6(11)8-9-5(2)14-10-8/h3-4H2,1-2H3. The molecule has 0 fully saturated rings. The molecule has 0 saturated carbocycles. The van der Waals surface area contributed by atoms with E-state index >= 15 is 0 Å².